The Labute approximate surface area is 138 Å². The van der Waals surface area contributed by atoms with E-state index in [0.29, 0.717) is 6.04 Å². The van der Waals surface area contributed by atoms with Gasteiger partial charge in [0.2, 0.25) is 0 Å². The number of hydrogen-bond donors (Lipinski definition) is 1. The van der Waals surface area contributed by atoms with E-state index in [4.69, 9.17) is 9.47 Å². The molecule has 1 N–H and O–H groups in total. The van der Waals surface area contributed by atoms with Crippen molar-refractivity contribution in [2.45, 2.75) is 31.7 Å². The molecule has 122 valence electrons. The number of rotatable bonds is 7. The molecule has 3 nitrogen and oxygen atoms in total. The predicted molar refractivity (Wildman–Crippen MR) is 93.4 cm³/mol. The minimum Gasteiger partial charge on any atom is -0.497 e. The van der Waals surface area contributed by atoms with Crippen molar-refractivity contribution >= 4 is 0 Å². The summed E-state index contributed by atoms with van der Waals surface area (Å²) in [5, 5.41) is 3.48. The summed E-state index contributed by atoms with van der Waals surface area (Å²) in [5.41, 5.74) is 2.56. The topological polar surface area (TPSA) is 30.5 Å². The SMILES string of the molecule is COc1cccc(CCc2ccccc2OC[C@H]2CCCN2)c1. The highest BCUT2D eigenvalue weighted by atomic mass is 16.5. The first-order valence-electron chi connectivity index (χ1n) is 8.42. The van der Waals surface area contributed by atoms with E-state index in [0.717, 1.165) is 37.5 Å². The number of hydrogen-bond acceptors (Lipinski definition) is 3. The van der Waals surface area contributed by atoms with Gasteiger partial charge in [-0.1, -0.05) is 30.3 Å². The summed E-state index contributed by atoms with van der Waals surface area (Å²) in [4.78, 5) is 0. The van der Waals surface area contributed by atoms with Gasteiger partial charge in [-0.25, -0.2) is 0 Å². The van der Waals surface area contributed by atoms with Crippen molar-refractivity contribution in [1.29, 1.82) is 0 Å². The Balaban J connectivity index is 1.60. The van der Waals surface area contributed by atoms with Crippen molar-refractivity contribution in [3.8, 4) is 11.5 Å². The molecule has 0 amide bonds. The zero-order chi connectivity index (χ0) is 15.9. The molecule has 0 unspecified atom stereocenters. The highest BCUT2D eigenvalue weighted by molar-refractivity contribution is 5.35. The van der Waals surface area contributed by atoms with Crippen molar-refractivity contribution in [3.05, 3.63) is 59.7 Å². The van der Waals surface area contributed by atoms with Crippen LogP contribution in [0.15, 0.2) is 48.5 Å². The summed E-state index contributed by atoms with van der Waals surface area (Å²) in [7, 11) is 1.71. The van der Waals surface area contributed by atoms with E-state index in [1.807, 2.05) is 18.2 Å². The van der Waals surface area contributed by atoms with Gasteiger partial charge in [-0.05, 0) is 61.6 Å². The lowest BCUT2D eigenvalue weighted by Crippen LogP contribution is -2.28. The third-order valence-electron chi connectivity index (χ3n) is 4.39. The van der Waals surface area contributed by atoms with Crippen LogP contribution in [0.25, 0.3) is 0 Å². The first kappa shape index (κ1) is 15.9. The summed E-state index contributed by atoms with van der Waals surface area (Å²) in [6.07, 6.45) is 4.43. The molecule has 0 radical (unpaired) electrons. The number of ether oxygens (including phenoxy) is 2. The Morgan fingerprint density at radius 1 is 1.09 bits per heavy atom. The molecule has 0 bridgehead atoms. The molecule has 2 aromatic carbocycles. The van der Waals surface area contributed by atoms with Gasteiger partial charge in [0, 0.05) is 6.04 Å². The molecule has 0 saturated carbocycles. The van der Waals surface area contributed by atoms with Gasteiger partial charge >= 0.3 is 0 Å². The molecule has 1 fully saturated rings. The van der Waals surface area contributed by atoms with Crippen molar-refractivity contribution in [1.82, 2.24) is 5.32 Å². The van der Waals surface area contributed by atoms with E-state index in [-0.39, 0.29) is 0 Å². The highest BCUT2D eigenvalue weighted by Crippen LogP contribution is 2.22. The molecule has 1 aliphatic rings. The molecule has 1 aliphatic heterocycles. The summed E-state index contributed by atoms with van der Waals surface area (Å²) in [6, 6.07) is 17.2. The quantitative estimate of drug-likeness (QED) is 0.847. The molecule has 0 aromatic heterocycles. The number of nitrogens with one attached hydrogen (secondary N) is 1. The molecule has 0 aliphatic carbocycles. The zero-order valence-electron chi connectivity index (χ0n) is 13.8. The number of para-hydroxylation sites is 1. The maximum absolute atomic E-state index is 6.07. The minimum atomic E-state index is 0.501. The second-order valence-corrected chi connectivity index (χ2v) is 6.06. The Morgan fingerprint density at radius 3 is 2.83 bits per heavy atom. The molecule has 3 heteroatoms. The summed E-state index contributed by atoms with van der Waals surface area (Å²) in [6.45, 7) is 1.88. The Hall–Kier alpha value is -2.00. The van der Waals surface area contributed by atoms with Gasteiger partial charge in [0.05, 0.1) is 7.11 Å². The van der Waals surface area contributed by atoms with Gasteiger partial charge in [-0.15, -0.1) is 0 Å². The molecule has 2 aromatic rings. The van der Waals surface area contributed by atoms with Gasteiger partial charge in [-0.2, -0.15) is 0 Å². The van der Waals surface area contributed by atoms with Gasteiger partial charge in [-0.3, -0.25) is 0 Å². The van der Waals surface area contributed by atoms with Crippen LogP contribution in [0.3, 0.4) is 0 Å². The number of aryl methyl sites for hydroxylation is 2. The fourth-order valence-corrected chi connectivity index (χ4v) is 3.05. The van der Waals surface area contributed by atoms with Crippen LogP contribution in [0.2, 0.25) is 0 Å². The van der Waals surface area contributed by atoms with E-state index in [9.17, 15) is 0 Å². The Kier molecular flexibility index (Phi) is 5.54. The second-order valence-electron chi connectivity index (χ2n) is 6.06. The standard InChI is InChI=1S/C20H25NO2/c1-22-19-9-4-6-16(14-19)11-12-17-7-2-3-10-20(17)23-15-18-8-5-13-21-18/h2-4,6-7,9-10,14,18,21H,5,8,11-13,15H2,1H3/t18-/m1/s1. The fourth-order valence-electron chi connectivity index (χ4n) is 3.05. The zero-order valence-corrected chi connectivity index (χ0v) is 13.8. The predicted octanol–water partition coefficient (Wildman–Crippen LogP) is 3.61. The average molecular weight is 311 g/mol. The van der Waals surface area contributed by atoms with Crippen LogP contribution in [-0.4, -0.2) is 26.3 Å². The van der Waals surface area contributed by atoms with Crippen LogP contribution in [-0.2, 0) is 12.8 Å². The van der Waals surface area contributed by atoms with Crippen LogP contribution in [0.1, 0.15) is 24.0 Å². The van der Waals surface area contributed by atoms with E-state index in [2.05, 4.69) is 35.6 Å². The van der Waals surface area contributed by atoms with Crippen molar-refractivity contribution in [2.75, 3.05) is 20.3 Å². The number of methoxy groups -OCH3 is 1. The average Bonchev–Trinajstić information content (AvgIpc) is 3.12. The fraction of sp³-hybridized carbons (Fsp3) is 0.400. The lowest BCUT2D eigenvalue weighted by atomic mass is 10.0. The lowest BCUT2D eigenvalue weighted by molar-refractivity contribution is 0.274. The van der Waals surface area contributed by atoms with Gasteiger partial charge in [0.25, 0.3) is 0 Å². The molecule has 1 saturated heterocycles. The molecule has 1 atom stereocenters. The Morgan fingerprint density at radius 2 is 2.00 bits per heavy atom. The van der Waals surface area contributed by atoms with E-state index >= 15 is 0 Å². The van der Waals surface area contributed by atoms with Gasteiger partial charge in [0.1, 0.15) is 18.1 Å². The largest absolute Gasteiger partial charge is 0.497 e. The molecular weight excluding hydrogens is 286 g/mol. The van der Waals surface area contributed by atoms with Crippen LogP contribution < -0.4 is 14.8 Å². The maximum Gasteiger partial charge on any atom is 0.122 e. The summed E-state index contributed by atoms with van der Waals surface area (Å²) in [5.74, 6) is 1.93. The van der Waals surface area contributed by atoms with Crippen molar-refractivity contribution < 1.29 is 9.47 Å². The molecule has 1 heterocycles. The van der Waals surface area contributed by atoms with Crippen LogP contribution in [0.4, 0.5) is 0 Å². The van der Waals surface area contributed by atoms with E-state index in [1.165, 1.54) is 24.0 Å². The third-order valence-corrected chi connectivity index (χ3v) is 4.39. The van der Waals surface area contributed by atoms with Crippen LogP contribution >= 0.6 is 0 Å². The third kappa shape index (κ3) is 4.49. The summed E-state index contributed by atoms with van der Waals surface area (Å²) < 4.78 is 11.4. The normalized spacial score (nSPS) is 17.2. The van der Waals surface area contributed by atoms with Crippen molar-refractivity contribution in [2.24, 2.45) is 0 Å². The molecular formula is C20H25NO2. The molecule has 0 spiro atoms. The van der Waals surface area contributed by atoms with Gasteiger partial charge in [0.15, 0.2) is 0 Å². The summed E-state index contributed by atoms with van der Waals surface area (Å²) >= 11 is 0. The van der Waals surface area contributed by atoms with Crippen molar-refractivity contribution in [3.63, 3.8) is 0 Å². The Bertz CT molecular complexity index is 621. The van der Waals surface area contributed by atoms with E-state index in [1.54, 1.807) is 7.11 Å². The maximum atomic E-state index is 6.07. The first-order chi connectivity index (χ1) is 11.3. The smallest absolute Gasteiger partial charge is 0.122 e. The van der Waals surface area contributed by atoms with E-state index < -0.39 is 0 Å². The number of benzene rings is 2. The minimum absolute atomic E-state index is 0.501. The van der Waals surface area contributed by atoms with Crippen LogP contribution in [0.5, 0.6) is 11.5 Å². The first-order valence-corrected chi connectivity index (χ1v) is 8.42. The highest BCUT2D eigenvalue weighted by Gasteiger charge is 2.15. The monoisotopic (exact) mass is 311 g/mol. The van der Waals surface area contributed by atoms with Crippen LogP contribution in [0, 0.1) is 0 Å². The second kappa shape index (κ2) is 8.02. The molecule has 23 heavy (non-hydrogen) atoms. The lowest BCUT2D eigenvalue weighted by Gasteiger charge is -2.15. The van der Waals surface area contributed by atoms with Gasteiger partial charge < -0.3 is 14.8 Å². The molecule has 3 rings (SSSR count).